The second-order valence-electron chi connectivity index (χ2n) is 2.87. The van der Waals surface area contributed by atoms with Crippen LogP contribution in [-0.4, -0.2) is 16.2 Å². The highest BCUT2D eigenvalue weighted by Gasteiger charge is 2.06. The zero-order valence-corrected chi connectivity index (χ0v) is 9.23. The van der Waals surface area contributed by atoms with Crippen LogP contribution in [0.1, 0.15) is 5.56 Å². The summed E-state index contributed by atoms with van der Waals surface area (Å²) in [7, 11) is 0. The average Bonchev–Trinajstić information content (AvgIpc) is 2.09. The molecule has 0 heterocycles. The second kappa shape index (κ2) is 4.95. The average molecular weight is 245 g/mol. The number of hydrogen-bond acceptors (Lipinski definition) is 2. The van der Waals surface area contributed by atoms with Crippen LogP contribution < -0.4 is 11.1 Å². The van der Waals surface area contributed by atoms with E-state index in [-0.39, 0.29) is 11.5 Å². The largest absolute Gasteiger partial charge is 0.481 e. The third kappa shape index (κ3) is 3.73. The van der Waals surface area contributed by atoms with Gasteiger partial charge in [0.05, 0.1) is 6.42 Å². The SMILES string of the molecule is NC(=S)Nc1ccc(Cl)c(CC(=O)O)c1. The molecule has 15 heavy (non-hydrogen) atoms. The van der Waals surface area contributed by atoms with Crippen molar-refractivity contribution >= 4 is 40.6 Å². The van der Waals surface area contributed by atoms with E-state index >= 15 is 0 Å². The number of benzene rings is 1. The van der Waals surface area contributed by atoms with E-state index in [0.29, 0.717) is 16.3 Å². The Morgan fingerprint density at radius 3 is 2.80 bits per heavy atom. The lowest BCUT2D eigenvalue weighted by Gasteiger charge is -2.07. The molecule has 1 aromatic rings. The van der Waals surface area contributed by atoms with Gasteiger partial charge in [0, 0.05) is 10.7 Å². The molecule has 1 rings (SSSR count). The van der Waals surface area contributed by atoms with Gasteiger partial charge in [0.1, 0.15) is 0 Å². The van der Waals surface area contributed by atoms with Gasteiger partial charge in [0.25, 0.3) is 0 Å². The topological polar surface area (TPSA) is 75.3 Å². The van der Waals surface area contributed by atoms with Gasteiger partial charge >= 0.3 is 5.97 Å². The molecular formula is C9H9ClN2O2S. The number of anilines is 1. The van der Waals surface area contributed by atoms with Crippen LogP contribution in [0.2, 0.25) is 5.02 Å². The summed E-state index contributed by atoms with van der Waals surface area (Å²) in [5.74, 6) is -0.940. The van der Waals surface area contributed by atoms with Crippen molar-refractivity contribution in [2.24, 2.45) is 5.73 Å². The zero-order valence-electron chi connectivity index (χ0n) is 7.66. The van der Waals surface area contributed by atoms with Gasteiger partial charge in [0.15, 0.2) is 5.11 Å². The van der Waals surface area contributed by atoms with Crippen LogP contribution >= 0.6 is 23.8 Å². The third-order valence-electron chi connectivity index (χ3n) is 1.65. The zero-order chi connectivity index (χ0) is 11.4. The molecule has 0 saturated carbocycles. The molecule has 6 heteroatoms. The standard InChI is InChI=1S/C9H9ClN2O2S/c10-7-2-1-6(12-9(11)15)3-5(7)4-8(13)14/h1-3H,4H2,(H,13,14)(H3,11,12,15). The predicted molar refractivity (Wildman–Crippen MR) is 63.2 cm³/mol. The maximum absolute atomic E-state index is 10.5. The molecule has 4 nitrogen and oxygen atoms in total. The summed E-state index contributed by atoms with van der Waals surface area (Å²) in [4.78, 5) is 10.5. The van der Waals surface area contributed by atoms with Crippen LogP contribution in [0.5, 0.6) is 0 Å². The van der Waals surface area contributed by atoms with Gasteiger partial charge in [-0.2, -0.15) is 0 Å². The van der Waals surface area contributed by atoms with Gasteiger partial charge in [-0.05, 0) is 36.0 Å². The molecule has 80 valence electrons. The van der Waals surface area contributed by atoms with Crippen molar-refractivity contribution in [1.82, 2.24) is 0 Å². The molecule has 0 aliphatic rings. The van der Waals surface area contributed by atoms with Crippen molar-refractivity contribution in [2.75, 3.05) is 5.32 Å². The summed E-state index contributed by atoms with van der Waals surface area (Å²) in [5.41, 5.74) is 6.43. The quantitative estimate of drug-likeness (QED) is 0.705. The maximum Gasteiger partial charge on any atom is 0.307 e. The van der Waals surface area contributed by atoms with E-state index in [4.69, 9.17) is 22.4 Å². The van der Waals surface area contributed by atoms with E-state index < -0.39 is 5.97 Å². The fourth-order valence-corrected chi connectivity index (χ4v) is 1.40. The molecule has 0 fully saturated rings. The van der Waals surface area contributed by atoms with Gasteiger partial charge in [-0.15, -0.1) is 0 Å². The molecule has 1 aromatic carbocycles. The highest BCUT2D eigenvalue weighted by Crippen LogP contribution is 2.21. The van der Waals surface area contributed by atoms with Crippen LogP contribution in [0.3, 0.4) is 0 Å². The molecule has 0 aliphatic carbocycles. The normalized spacial score (nSPS) is 9.67. The minimum atomic E-state index is -0.940. The summed E-state index contributed by atoms with van der Waals surface area (Å²) in [6.07, 6.45) is -0.133. The molecule has 0 spiro atoms. The highest BCUT2D eigenvalue weighted by atomic mass is 35.5. The summed E-state index contributed by atoms with van der Waals surface area (Å²) in [6, 6.07) is 4.88. The first-order valence-corrected chi connectivity index (χ1v) is 4.84. The van der Waals surface area contributed by atoms with E-state index in [9.17, 15) is 4.79 Å². The smallest absolute Gasteiger partial charge is 0.307 e. The van der Waals surface area contributed by atoms with Crippen molar-refractivity contribution in [3.63, 3.8) is 0 Å². The molecular weight excluding hydrogens is 236 g/mol. The number of thiocarbonyl (C=S) groups is 1. The second-order valence-corrected chi connectivity index (χ2v) is 3.71. The molecule has 0 unspecified atom stereocenters. The Balaban J connectivity index is 2.94. The predicted octanol–water partition coefficient (Wildman–Crippen LogP) is 1.62. The van der Waals surface area contributed by atoms with Crippen molar-refractivity contribution in [3.8, 4) is 0 Å². The van der Waals surface area contributed by atoms with E-state index in [0.717, 1.165) is 0 Å². The fraction of sp³-hybridized carbons (Fsp3) is 0.111. The van der Waals surface area contributed by atoms with Crippen LogP contribution in [0.25, 0.3) is 0 Å². The Hall–Kier alpha value is -1.33. The first-order valence-electron chi connectivity index (χ1n) is 4.05. The Bertz CT molecular complexity index is 409. The first kappa shape index (κ1) is 11.7. The van der Waals surface area contributed by atoms with E-state index in [1.165, 1.54) is 0 Å². The molecule has 0 aromatic heterocycles. The summed E-state index contributed by atoms with van der Waals surface area (Å²) in [6.45, 7) is 0. The monoisotopic (exact) mass is 244 g/mol. The highest BCUT2D eigenvalue weighted by molar-refractivity contribution is 7.80. The fourth-order valence-electron chi connectivity index (χ4n) is 1.09. The number of hydrogen-bond donors (Lipinski definition) is 3. The van der Waals surface area contributed by atoms with Crippen LogP contribution in [-0.2, 0) is 11.2 Å². The molecule has 0 atom stereocenters. The Morgan fingerprint density at radius 2 is 2.27 bits per heavy atom. The Kier molecular flexibility index (Phi) is 3.88. The molecule has 0 bridgehead atoms. The van der Waals surface area contributed by atoms with Gasteiger partial charge in [-0.3, -0.25) is 4.79 Å². The molecule has 0 radical (unpaired) electrons. The van der Waals surface area contributed by atoms with Crippen LogP contribution in [0, 0.1) is 0 Å². The molecule has 0 amide bonds. The molecule has 4 N–H and O–H groups in total. The van der Waals surface area contributed by atoms with Crippen LogP contribution in [0.15, 0.2) is 18.2 Å². The number of halogens is 1. The van der Waals surface area contributed by atoms with E-state index in [1.807, 2.05) is 0 Å². The number of nitrogens with two attached hydrogens (primary N) is 1. The lowest BCUT2D eigenvalue weighted by molar-refractivity contribution is -0.136. The Labute approximate surface area is 97.0 Å². The minimum absolute atomic E-state index is 0.124. The lowest BCUT2D eigenvalue weighted by Crippen LogP contribution is -2.19. The number of carboxylic acid groups (broad SMARTS) is 1. The summed E-state index contributed by atoms with van der Waals surface area (Å²) >= 11 is 10.5. The van der Waals surface area contributed by atoms with E-state index in [1.54, 1.807) is 18.2 Å². The number of rotatable bonds is 3. The van der Waals surface area contributed by atoms with Crippen molar-refractivity contribution in [1.29, 1.82) is 0 Å². The number of carbonyl (C=O) groups is 1. The van der Waals surface area contributed by atoms with Gasteiger partial charge < -0.3 is 16.2 Å². The lowest BCUT2D eigenvalue weighted by atomic mass is 10.1. The maximum atomic E-state index is 10.5. The Morgan fingerprint density at radius 1 is 1.60 bits per heavy atom. The minimum Gasteiger partial charge on any atom is -0.481 e. The number of nitrogens with one attached hydrogen (secondary N) is 1. The van der Waals surface area contributed by atoms with Crippen LogP contribution in [0.4, 0.5) is 5.69 Å². The third-order valence-corrected chi connectivity index (χ3v) is 2.13. The van der Waals surface area contributed by atoms with Crippen molar-refractivity contribution in [3.05, 3.63) is 28.8 Å². The summed E-state index contributed by atoms with van der Waals surface area (Å²) < 4.78 is 0. The number of carboxylic acids is 1. The van der Waals surface area contributed by atoms with Gasteiger partial charge in [-0.1, -0.05) is 11.6 Å². The first-order chi connectivity index (χ1) is 6.99. The molecule has 0 saturated heterocycles. The van der Waals surface area contributed by atoms with Crippen molar-refractivity contribution in [2.45, 2.75) is 6.42 Å². The number of aliphatic carboxylic acids is 1. The summed E-state index contributed by atoms with van der Waals surface area (Å²) in [5, 5.41) is 11.9. The van der Waals surface area contributed by atoms with E-state index in [2.05, 4.69) is 17.5 Å². The van der Waals surface area contributed by atoms with Gasteiger partial charge in [0.2, 0.25) is 0 Å². The molecule has 0 aliphatic heterocycles. The van der Waals surface area contributed by atoms with Gasteiger partial charge in [-0.25, -0.2) is 0 Å². The van der Waals surface area contributed by atoms with Crippen molar-refractivity contribution < 1.29 is 9.90 Å².